The molecule has 6 heteroatoms. The predicted octanol–water partition coefficient (Wildman–Crippen LogP) is 3.22. The Kier molecular flexibility index (Phi) is 6.22. The number of nitro benzene ring substituents is 1. The summed E-state index contributed by atoms with van der Waals surface area (Å²) in [6.45, 7) is -0.147. The molecular formula is C18H17NO5. The predicted molar refractivity (Wildman–Crippen MR) is 89.5 cm³/mol. The van der Waals surface area contributed by atoms with Gasteiger partial charge >= 0.3 is 5.97 Å². The standard InChI is InChI=1S/C18H17NO5/c20-12-11-17(24-18(21)15-6-2-1-3-7-15)10-9-14-5-4-8-16(13-14)19(22)23/h1-10,13,17,20H,11-12H2/b10-9+/t17-/m1/s1. The zero-order valence-corrected chi connectivity index (χ0v) is 12.9. The Morgan fingerprint density at radius 3 is 2.62 bits per heavy atom. The first-order valence-corrected chi connectivity index (χ1v) is 7.39. The Hall–Kier alpha value is -2.99. The maximum absolute atomic E-state index is 12.1. The Bertz CT molecular complexity index is 727. The number of ether oxygens (including phenoxy) is 1. The molecule has 0 unspecified atom stereocenters. The van der Waals surface area contributed by atoms with Gasteiger partial charge in [-0.25, -0.2) is 4.79 Å². The number of nitrogens with zero attached hydrogens (tertiary/aromatic N) is 1. The number of non-ortho nitro benzene ring substituents is 1. The van der Waals surface area contributed by atoms with Crippen LogP contribution in [0.2, 0.25) is 0 Å². The van der Waals surface area contributed by atoms with Gasteiger partial charge in [-0.2, -0.15) is 0 Å². The molecule has 2 aromatic carbocycles. The summed E-state index contributed by atoms with van der Waals surface area (Å²) in [5.74, 6) is -0.488. The molecule has 0 heterocycles. The summed E-state index contributed by atoms with van der Waals surface area (Å²) in [4.78, 5) is 22.4. The molecule has 0 aliphatic heterocycles. The van der Waals surface area contributed by atoms with Crippen molar-refractivity contribution in [3.63, 3.8) is 0 Å². The van der Waals surface area contributed by atoms with E-state index in [0.717, 1.165) is 0 Å². The highest BCUT2D eigenvalue weighted by molar-refractivity contribution is 5.89. The summed E-state index contributed by atoms with van der Waals surface area (Å²) in [5, 5.41) is 19.9. The van der Waals surface area contributed by atoms with Gasteiger partial charge in [0, 0.05) is 25.2 Å². The van der Waals surface area contributed by atoms with E-state index in [9.17, 15) is 14.9 Å². The lowest BCUT2D eigenvalue weighted by atomic mass is 10.1. The summed E-state index contributed by atoms with van der Waals surface area (Å²) in [5.41, 5.74) is 1.02. The SMILES string of the molecule is O=C(O[C@H](/C=C/c1cccc([N+](=O)[O-])c1)CCO)c1ccccc1. The summed E-state index contributed by atoms with van der Waals surface area (Å²) < 4.78 is 5.36. The molecule has 0 aromatic heterocycles. The monoisotopic (exact) mass is 327 g/mol. The van der Waals surface area contributed by atoms with Crippen molar-refractivity contribution >= 4 is 17.7 Å². The molecule has 6 nitrogen and oxygen atoms in total. The highest BCUT2D eigenvalue weighted by Crippen LogP contribution is 2.15. The summed E-state index contributed by atoms with van der Waals surface area (Å²) in [6.07, 6.45) is 2.85. The van der Waals surface area contributed by atoms with Crippen LogP contribution in [0.3, 0.4) is 0 Å². The van der Waals surface area contributed by atoms with Crippen LogP contribution in [-0.2, 0) is 4.74 Å². The smallest absolute Gasteiger partial charge is 0.338 e. The van der Waals surface area contributed by atoms with Crippen LogP contribution in [0.1, 0.15) is 22.3 Å². The van der Waals surface area contributed by atoms with E-state index in [0.29, 0.717) is 11.1 Å². The third kappa shape index (κ3) is 5.03. The second kappa shape index (κ2) is 8.59. The Morgan fingerprint density at radius 1 is 1.21 bits per heavy atom. The van der Waals surface area contributed by atoms with Crippen LogP contribution in [0.25, 0.3) is 6.08 Å². The van der Waals surface area contributed by atoms with Gasteiger partial charge in [0.25, 0.3) is 5.69 Å². The lowest BCUT2D eigenvalue weighted by Gasteiger charge is -2.13. The van der Waals surface area contributed by atoms with Crippen molar-refractivity contribution in [2.75, 3.05) is 6.61 Å². The number of benzene rings is 2. The maximum atomic E-state index is 12.1. The molecular weight excluding hydrogens is 310 g/mol. The molecule has 0 amide bonds. The van der Waals surface area contributed by atoms with Gasteiger partial charge in [0.1, 0.15) is 6.10 Å². The fraction of sp³-hybridized carbons (Fsp3) is 0.167. The molecule has 2 aromatic rings. The number of aliphatic hydroxyl groups excluding tert-OH is 1. The van der Waals surface area contributed by atoms with Crippen molar-refractivity contribution in [1.29, 1.82) is 0 Å². The van der Waals surface area contributed by atoms with E-state index < -0.39 is 17.0 Å². The van der Waals surface area contributed by atoms with Gasteiger partial charge < -0.3 is 9.84 Å². The second-order valence-corrected chi connectivity index (χ2v) is 5.03. The van der Waals surface area contributed by atoms with Gasteiger partial charge in [-0.3, -0.25) is 10.1 Å². The maximum Gasteiger partial charge on any atom is 0.338 e. The Labute approximate surface area is 139 Å². The second-order valence-electron chi connectivity index (χ2n) is 5.03. The molecule has 24 heavy (non-hydrogen) atoms. The van der Waals surface area contributed by atoms with Crippen molar-refractivity contribution < 1.29 is 19.6 Å². The van der Waals surface area contributed by atoms with E-state index in [1.165, 1.54) is 12.1 Å². The zero-order chi connectivity index (χ0) is 17.4. The fourth-order valence-corrected chi connectivity index (χ4v) is 2.06. The molecule has 0 aliphatic rings. The molecule has 124 valence electrons. The van der Waals surface area contributed by atoms with E-state index in [1.807, 2.05) is 0 Å². The third-order valence-corrected chi connectivity index (χ3v) is 3.27. The highest BCUT2D eigenvalue weighted by Gasteiger charge is 2.13. The minimum Gasteiger partial charge on any atom is -0.454 e. The van der Waals surface area contributed by atoms with E-state index in [1.54, 1.807) is 54.6 Å². The minimum atomic E-state index is -0.623. The average Bonchev–Trinajstić information content (AvgIpc) is 2.61. The lowest BCUT2D eigenvalue weighted by Crippen LogP contribution is -2.17. The van der Waals surface area contributed by atoms with Crippen LogP contribution in [0.5, 0.6) is 0 Å². The van der Waals surface area contributed by atoms with Crippen LogP contribution in [-0.4, -0.2) is 28.7 Å². The summed E-state index contributed by atoms with van der Waals surface area (Å²) in [6, 6.07) is 14.7. The number of hydrogen-bond acceptors (Lipinski definition) is 5. The van der Waals surface area contributed by atoms with E-state index in [-0.39, 0.29) is 18.7 Å². The van der Waals surface area contributed by atoms with Crippen LogP contribution < -0.4 is 0 Å². The highest BCUT2D eigenvalue weighted by atomic mass is 16.6. The van der Waals surface area contributed by atoms with Crippen LogP contribution in [0, 0.1) is 10.1 Å². The first-order chi connectivity index (χ1) is 11.6. The summed E-state index contributed by atoms with van der Waals surface area (Å²) in [7, 11) is 0. The van der Waals surface area contributed by atoms with Gasteiger partial charge in [0.05, 0.1) is 10.5 Å². The van der Waals surface area contributed by atoms with Crippen LogP contribution in [0.15, 0.2) is 60.7 Å². The first kappa shape index (κ1) is 17.4. The molecule has 0 spiro atoms. The molecule has 0 saturated carbocycles. The molecule has 1 atom stereocenters. The van der Waals surface area contributed by atoms with Crippen molar-refractivity contribution in [2.24, 2.45) is 0 Å². The third-order valence-electron chi connectivity index (χ3n) is 3.27. The molecule has 0 fully saturated rings. The molecule has 2 rings (SSSR count). The van der Waals surface area contributed by atoms with E-state index >= 15 is 0 Å². The van der Waals surface area contributed by atoms with Crippen molar-refractivity contribution in [3.05, 3.63) is 81.9 Å². The van der Waals surface area contributed by atoms with Gasteiger partial charge in [0.2, 0.25) is 0 Å². The van der Waals surface area contributed by atoms with E-state index in [4.69, 9.17) is 9.84 Å². The fourth-order valence-electron chi connectivity index (χ4n) is 2.06. The van der Waals surface area contributed by atoms with Crippen molar-refractivity contribution in [3.8, 4) is 0 Å². The molecule has 0 bridgehead atoms. The van der Waals surface area contributed by atoms with Crippen molar-refractivity contribution in [2.45, 2.75) is 12.5 Å². The zero-order valence-electron chi connectivity index (χ0n) is 12.9. The lowest BCUT2D eigenvalue weighted by molar-refractivity contribution is -0.384. The minimum absolute atomic E-state index is 0.0165. The number of carbonyl (C=O) groups excluding carboxylic acids is 1. The quantitative estimate of drug-likeness (QED) is 0.479. The van der Waals surface area contributed by atoms with Crippen LogP contribution >= 0.6 is 0 Å². The van der Waals surface area contributed by atoms with Gasteiger partial charge in [-0.05, 0) is 23.8 Å². The first-order valence-electron chi connectivity index (χ1n) is 7.39. The molecule has 0 radical (unpaired) electrons. The van der Waals surface area contributed by atoms with Gasteiger partial charge in [-0.1, -0.05) is 36.4 Å². The van der Waals surface area contributed by atoms with Crippen LogP contribution in [0.4, 0.5) is 5.69 Å². The number of esters is 1. The normalized spacial score (nSPS) is 12.0. The number of aliphatic hydroxyl groups is 1. The molecule has 0 aliphatic carbocycles. The topological polar surface area (TPSA) is 89.7 Å². The molecule has 1 N–H and O–H groups in total. The Morgan fingerprint density at radius 2 is 1.96 bits per heavy atom. The largest absolute Gasteiger partial charge is 0.454 e. The van der Waals surface area contributed by atoms with E-state index in [2.05, 4.69) is 0 Å². The van der Waals surface area contributed by atoms with Gasteiger partial charge in [-0.15, -0.1) is 0 Å². The van der Waals surface area contributed by atoms with Gasteiger partial charge in [0.15, 0.2) is 0 Å². The number of rotatable bonds is 7. The molecule has 0 saturated heterocycles. The number of nitro groups is 1. The summed E-state index contributed by atoms with van der Waals surface area (Å²) >= 11 is 0. The van der Waals surface area contributed by atoms with Crippen molar-refractivity contribution in [1.82, 2.24) is 0 Å². The Balaban J connectivity index is 2.09. The number of hydrogen-bond donors (Lipinski definition) is 1. The average molecular weight is 327 g/mol. The number of carbonyl (C=O) groups is 1.